The molecule has 2 N–H and O–H groups in total. The minimum absolute atomic E-state index is 0.0183. The molecular weight excluding hydrogens is 605 g/mol. The molecule has 1 amide bonds. The van der Waals surface area contributed by atoms with Crippen LogP contribution in [0.4, 0.5) is 18.9 Å². The maximum Gasteiger partial charge on any atom is 0.516 e. The second-order valence-electron chi connectivity index (χ2n) is 8.36. The summed E-state index contributed by atoms with van der Waals surface area (Å²) in [6, 6.07) is 7.59. The van der Waals surface area contributed by atoms with Crippen molar-refractivity contribution in [1.29, 1.82) is 0 Å². The molecule has 0 bridgehead atoms. The lowest BCUT2D eigenvalue weighted by Gasteiger charge is -2.17. The summed E-state index contributed by atoms with van der Waals surface area (Å²) in [6.45, 7) is 5.88. The zero-order valence-corrected chi connectivity index (χ0v) is 23.4. The summed E-state index contributed by atoms with van der Waals surface area (Å²) in [5, 5.41) is 2.76. The van der Waals surface area contributed by atoms with Crippen molar-refractivity contribution in [2.45, 2.75) is 32.8 Å². The van der Waals surface area contributed by atoms with E-state index in [9.17, 15) is 26.4 Å². The van der Waals surface area contributed by atoms with Crippen molar-refractivity contribution in [1.82, 2.24) is 14.9 Å². The van der Waals surface area contributed by atoms with Crippen LogP contribution < -0.4 is 14.8 Å². The Morgan fingerprint density at radius 2 is 1.87 bits per heavy atom. The van der Waals surface area contributed by atoms with Crippen LogP contribution in [0.25, 0.3) is 22.3 Å². The number of amides is 1. The molecule has 0 atom stereocenters. The molecule has 208 valence electrons. The molecule has 14 heteroatoms. The summed E-state index contributed by atoms with van der Waals surface area (Å²) in [5.41, 5.74) is -2.72. The van der Waals surface area contributed by atoms with Crippen molar-refractivity contribution in [3.8, 4) is 28.3 Å². The number of benzene rings is 1. The fourth-order valence-corrected chi connectivity index (χ4v) is 5.61. The zero-order chi connectivity index (χ0) is 28.5. The minimum Gasteiger partial charge on any atom is -0.472 e. The molecule has 0 saturated carbocycles. The number of carbonyl (C=O) groups is 1. The SMILES string of the molecule is CCNC(=O)c1c(C)nc(OCC)n1Cc1c2ccocc-2c(Br)c1-c1ccccc1NS(=O)(=O)C(F)(F)F. The Morgan fingerprint density at radius 1 is 1.15 bits per heavy atom. The van der Waals surface area contributed by atoms with Crippen LogP contribution in [0.15, 0.2) is 51.7 Å². The largest absolute Gasteiger partial charge is 0.516 e. The molecular formula is C25H24BrF3N4O5S. The fraction of sp³-hybridized carbons (Fsp3) is 0.280. The van der Waals surface area contributed by atoms with Gasteiger partial charge < -0.3 is 14.5 Å². The van der Waals surface area contributed by atoms with Gasteiger partial charge in [0.2, 0.25) is 0 Å². The number of aryl methyl sites for hydroxylation is 1. The molecule has 1 aromatic carbocycles. The normalized spacial score (nSPS) is 12.1. The number of imidazole rings is 1. The monoisotopic (exact) mass is 628 g/mol. The van der Waals surface area contributed by atoms with Crippen LogP contribution in [0.2, 0.25) is 0 Å². The lowest BCUT2D eigenvalue weighted by molar-refractivity contribution is -0.0429. The van der Waals surface area contributed by atoms with E-state index in [0.29, 0.717) is 39.0 Å². The summed E-state index contributed by atoms with van der Waals surface area (Å²) in [7, 11) is -5.70. The van der Waals surface area contributed by atoms with Gasteiger partial charge >= 0.3 is 15.5 Å². The number of para-hydroxylation sites is 1. The molecule has 1 aliphatic heterocycles. The highest BCUT2D eigenvalue weighted by Gasteiger charge is 2.46. The van der Waals surface area contributed by atoms with Crippen LogP contribution in [0.1, 0.15) is 35.6 Å². The van der Waals surface area contributed by atoms with E-state index in [1.54, 1.807) is 42.2 Å². The first-order valence-electron chi connectivity index (χ1n) is 11.7. The Kier molecular flexibility index (Phi) is 7.98. The van der Waals surface area contributed by atoms with Crippen molar-refractivity contribution < 1.29 is 35.5 Å². The summed E-state index contributed by atoms with van der Waals surface area (Å²) >= 11 is 3.54. The molecule has 2 aliphatic rings. The van der Waals surface area contributed by atoms with Crippen molar-refractivity contribution in [2.75, 3.05) is 17.9 Å². The average molecular weight is 629 g/mol. The Labute approximate surface area is 230 Å². The van der Waals surface area contributed by atoms with E-state index < -0.39 is 15.5 Å². The first-order chi connectivity index (χ1) is 18.4. The number of alkyl halides is 3. The molecule has 0 radical (unpaired) electrons. The third-order valence-corrected chi connectivity index (χ3v) is 7.79. The number of hydrogen-bond donors (Lipinski definition) is 2. The Bertz CT molecular complexity index is 1600. The number of nitrogens with one attached hydrogen (secondary N) is 2. The van der Waals surface area contributed by atoms with E-state index in [1.165, 1.54) is 30.7 Å². The molecule has 0 spiro atoms. The molecule has 0 saturated heterocycles. The second kappa shape index (κ2) is 10.9. The highest BCUT2D eigenvalue weighted by atomic mass is 79.9. The highest BCUT2D eigenvalue weighted by molar-refractivity contribution is 9.10. The number of fused-ring (bicyclic) bond motifs is 1. The van der Waals surface area contributed by atoms with E-state index >= 15 is 0 Å². The Morgan fingerprint density at radius 3 is 2.54 bits per heavy atom. The first-order valence-corrected chi connectivity index (χ1v) is 14.0. The predicted molar refractivity (Wildman–Crippen MR) is 142 cm³/mol. The quantitative estimate of drug-likeness (QED) is 0.243. The molecule has 2 aromatic rings. The van der Waals surface area contributed by atoms with E-state index in [2.05, 4.69) is 26.2 Å². The van der Waals surface area contributed by atoms with Gasteiger partial charge in [-0.25, -0.2) is 0 Å². The van der Waals surface area contributed by atoms with Crippen LogP contribution in [-0.2, 0) is 16.6 Å². The summed E-state index contributed by atoms with van der Waals surface area (Å²) in [6.07, 6.45) is 2.90. The van der Waals surface area contributed by atoms with Gasteiger partial charge in [-0.1, -0.05) is 18.2 Å². The van der Waals surface area contributed by atoms with Crippen LogP contribution in [-0.4, -0.2) is 42.5 Å². The van der Waals surface area contributed by atoms with Gasteiger partial charge in [0.05, 0.1) is 37.1 Å². The van der Waals surface area contributed by atoms with Gasteiger partial charge in [0.25, 0.3) is 11.9 Å². The van der Waals surface area contributed by atoms with E-state index in [-0.39, 0.29) is 42.0 Å². The average Bonchev–Trinajstić information content (AvgIpc) is 3.32. The summed E-state index contributed by atoms with van der Waals surface area (Å²) in [5.74, 6) is -0.377. The van der Waals surface area contributed by atoms with E-state index in [1.807, 2.05) is 0 Å². The van der Waals surface area contributed by atoms with Crippen LogP contribution in [0, 0.1) is 6.92 Å². The van der Waals surface area contributed by atoms with Gasteiger partial charge in [-0.3, -0.25) is 14.1 Å². The third kappa shape index (κ3) is 5.35. The molecule has 1 aliphatic carbocycles. The molecule has 1 aromatic heterocycles. The van der Waals surface area contributed by atoms with Gasteiger partial charge in [0.1, 0.15) is 5.69 Å². The molecule has 0 fully saturated rings. The maximum atomic E-state index is 13.2. The molecule has 4 rings (SSSR count). The number of rotatable bonds is 9. The van der Waals surface area contributed by atoms with Gasteiger partial charge in [-0.2, -0.15) is 26.6 Å². The van der Waals surface area contributed by atoms with E-state index in [4.69, 9.17) is 9.15 Å². The van der Waals surface area contributed by atoms with Crippen LogP contribution >= 0.6 is 15.9 Å². The Hall–Kier alpha value is -3.52. The summed E-state index contributed by atoms with van der Waals surface area (Å²) in [4.78, 5) is 17.4. The van der Waals surface area contributed by atoms with Crippen molar-refractivity contribution >= 4 is 37.5 Å². The van der Waals surface area contributed by atoms with Gasteiger partial charge in [0, 0.05) is 27.7 Å². The number of aromatic nitrogens is 2. The topological polar surface area (TPSA) is 115 Å². The van der Waals surface area contributed by atoms with Crippen molar-refractivity contribution in [3.63, 3.8) is 0 Å². The number of hydrogen-bond acceptors (Lipinski definition) is 6. The Balaban J connectivity index is 1.97. The molecule has 39 heavy (non-hydrogen) atoms. The predicted octanol–water partition coefficient (Wildman–Crippen LogP) is 5.78. The third-order valence-electron chi connectivity index (χ3n) is 5.87. The highest BCUT2D eigenvalue weighted by Crippen LogP contribution is 2.49. The number of halogens is 4. The lowest BCUT2D eigenvalue weighted by Crippen LogP contribution is -2.30. The zero-order valence-electron chi connectivity index (χ0n) is 21.0. The number of carbonyl (C=O) groups excluding carboxylic acids is 1. The first kappa shape index (κ1) is 28.5. The number of ether oxygens (including phenoxy) is 1. The fourth-order valence-electron chi connectivity index (χ4n) is 4.26. The molecule has 2 heterocycles. The molecule has 9 nitrogen and oxygen atoms in total. The number of nitrogens with zero attached hydrogens (tertiary/aromatic N) is 2. The number of anilines is 1. The van der Waals surface area contributed by atoms with E-state index in [0.717, 1.165) is 0 Å². The summed E-state index contributed by atoms with van der Waals surface area (Å²) < 4.78 is 78.5. The van der Waals surface area contributed by atoms with Crippen molar-refractivity contribution in [2.24, 2.45) is 0 Å². The maximum absolute atomic E-state index is 13.2. The second-order valence-corrected chi connectivity index (χ2v) is 10.8. The molecule has 0 unspecified atom stereocenters. The smallest absolute Gasteiger partial charge is 0.472 e. The van der Waals surface area contributed by atoms with Crippen LogP contribution in [0.5, 0.6) is 6.01 Å². The number of sulfonamides is 1. The van der Waals surface area contributed by atoms with Crippen LogP contribution in [0.3, 0.4) is 0 Å². The minimum atomic E-state index is -5.70. The standard InChI is InChI=1S/C25H24BrF3N4O5S/c1-4-30-23(34)22-14(3)31-24(38-5-2)33(22)12-17-15-10-11-37-13-18(15)21(26)20(17)16-8-6-7-9-19(16)32-39(35,36)25(27,28)29/h6-11,13,32H,4-5,12H2,1-3H3,(H,30,34). The van der Waals surface area contributed by atoms with Gasteiger partial charge in [-0.15, -0.1) is 0 Å². The lowest BCUT2D eigenvalue weighted by atomic mass is 10.0. The van der Waals surface area contributed by atoms with Crippen molar-refractivity contribution in [3.05, 3.63) is 64.3 Å². The van der Waals surface area contributed by atoms with Gasteiger partial charge in [-0.05, 0) is 60.0 Å². The van der Waals surface area contributed by atoms with Gasteiger partial charge in [0.15, 0.2) is 0 Å².